The monoisotopic (exact) mass is 256 g/mol. The van der Waals surface area contributed by atoms with Crippen molar-refractivity contribution < 1.29 is 9.90 Å². The van der Waals surface area contributed by atoms with Crippen LogP contribution in [0.4, 0.5) is 0 Å². The highest BCUT2D eigenvalue weighted by molar-refractivity contribution is 5.94. The number of nitrogens with one attached hydrogen (secondary N) is 1. The summed E-state index contributed by atoms with van der Waals surface area (Å²) in [7, 11) is 0. The molecule has 4 nitrogen and oxygen atoms in total. The van der Waals surface area contributed by atoms with E-state index in [9.17, 15) is 4.79 Å². The Morgan fingerprint density at radius 2 is 2.16 bits per heavy atom. The molecule has 0 aliphatic carbocycles. The number of benzene rings is 1. The third-order valence-corrected chi connectivity index (χ3v) is 2.74. The first-order valence-electron chi connectivity index (χ1n) is 6.08. The Labute approximate surface area is 112 Å². The summed E-state index contributed by atoms with van der Waals surface area (Å²) in [6.45, 7) is 2.22. The van der Waals surface area contributed by atoms with Crippen molar-refractivity contribution in [1.82, 2.24) is 10.3 Å². The molecule has 2 rings (SSSR count). The van der Waals surface area contributed by atoms with E-state index >= 15 is 0 Å². The largest absolute Gasteiger partial charge is 0.392 e. The number of aromatic nitrogens is 1. The van der Waals surface area contributed by atoms with Crippen LogP contribution in [0.2, 0.25) is 0 Å². The quantitative estimate of drug-likeness (QED) is 0.877. The molecule has 0 aliphatic rings. The topological polar surface area (TPSA) is 62.2 Å². The van der Waals surface area contributed by atoms with Crippen molar-refractivity contribution in [2.24, 2.45) is 0 Å². The molecule has 0 bridgehead atoms. The lowest BCUT2D eigenvalue weighted by Gasteiger charge is -2.07. The van der Waals surface area contributed by atoms with Gasteiger partial charge in [-0.15, -0.1) is 0 Å². The third kappa shape index (κ3) is 3.63. The van der Waals surface area contributed by atoms with Crippen LogP contribution in [-0.4, -0.2) is 16.0 Å². The summed E-state index contributed by atoms with van der Waals surface area (Å²) in [5, 5.41) is 11.9. The first-order chi connectivity index (χ1) is 9.19. The van der Waals surface area contributed by atoms with E-state index in [4.69, 9.17) is 5.11 Å². The Morgan fingerprint density at radius 1 is 1.32 bits per heavy atom. The van der Waals surface area contributed by atoms with Gasteiger partial charge >= 0.3 is 0 Å². The number of pyridine rings is 1. The van der Waals surface area contributed by atoms with Crippen molar-refractivity contribution in [1.29, 1.82) is 0 Å². The molecule has 4 heteroatoms. The molecule has 2 aromatic rings. The summed E-state index contributed by atoms with van der Waals surface area (Å²) in [5.41, 5.74) is 3.06. The molecule has 19 heavy (non-hydrogen) atoms. The summed E-state index contributed by atoms with van der Waals surface area (Å²) in [6, 6.07) is 10.9. The molecule has 0 saturated heterocycles. The normalized spacial score (nSPS) is 10.2. The maximum atomic E-state index is 12.0. The minimum Gasteiger partial charge on any atom is -0.392 e. The molecule has 0 radical (unpaired) electrons. The molecule has 1 aromatic heterocycles. The number of carbonyl (C=O) groups is 1. The lowest BCUT2D eigenvalue weighted by atomic mass is 10.1. The van der Waals surface area contributed by atoms with Crippen molar-refractivity contribution in [3.63, 3.8) is 0 Å². The predicted octanol–water partition coefficient (Wildman–Crippen LogP) is 1.81. The molecule has 1 heterocycles. The summed E-state index contributed by atoms with van der Waals surface area (Å²) in [5.74, 6) is -0.163. The van der Waals surface area contributed by atoms with Gasteiger partial charge in [-0.1, -0.05) is 12.1 Å². The van der Waals surface area contributed by atoms with Gasteiger partial charge in [0.1, 0.15) is 0 Å². The molecule has 1 aromatic carbocycles. The van der Waals surface area contributed by atoms with Gasteiger partial charge in [0.05, 0.1) is 18.8 Å². The smallest absolute Gasteiger partial charge is 0.251 e. The zero-order valence-corrected chi connectivity index (χ0v) is 10.8. The Balaban J connectivity index is 2.06. The standard InChI is InChI=1S/C15H16N2O2/c1-11-6-12(10-18)8-13(7-11)15(19)17-9-14-4-2-3-5-16-14/h2-8,18H,9-10H2,1H3,(H,17,19). The van der Waals surface area contributed by atoms with Gasteiger partial charge in [-0.25, -0.2) is 0 Å². The number of aryl methyl sites for hydroxylation is 1. The molecule has 1 amide bonds. The Hall–Kier alpha value is -2.20. The number of aliphatic hydroxyl groups excluding tert-OH is 1. The predicted molar refractivity (Wildman–Crippen MR) is 72.5 cm³/mol. The maximum Gasteiger partial charge on any atom is 0.251 e. The fraction of sp³-hybridized carbons (Fsp3) is 0.200. The van der Waals surface area contributed by atoms with Gasteiger partial charge in [0.25, 0.3) is 5.91 Å². The number of aliphatic hydroxyl groups is 1. The van der Waals surface area contributed by atoms with Crippen molar-refractivity contribution >= 4 is 5.91 Å². The highest BCUT2D eigenvalue weighted by Gasteiger charge is 2.07. The minimum atomic E-state index is -0.163. The van der Waals surface area contributed by atoms with Gasteiger partial charge in [0.2, 0.25) is 0 Å². The number of hydrogen-bond acceptors (Lipinski definition) is 3. The van der Waals surface area contributed by atoms with Gasteiger partial charge in [-0.2, -0.15) is 0 Å². The molecule has 0 saturated carbocycles. The number of nitrogens with zero attached hydrogens (tertiary/aromatic N) is 1. The zero-order valence-electron chi connectivity index (χ0n) is 10.8. The van der Waals surface area contributed by atoms with Crippen molar-refractivity contribution in [3.8, 4) is 0 Å². The van der Waals surface area contributed by atoms with E-state index in [-0.39, 0.29) is 12.5 Å². The van der Waals surface area contributed by atoms with E-state index in [2.05, 4.69) is 10.3 Å². The van der Waals surface area contributed by atoms with Crippen LogP contribution in [0, 0.1) is 6.92 Å². The highest BCUT2D eigenvalue weighted by atomic mass is 16.3. The van der Waals surface area contributed by atoms with E-state index in [0.29, 0.717) is 12.1 Å². The van der Waals surface area contributed by atoms with Gasteiger partial charge in [-0.3, -0.25) is 9.78 Å². The molecule has 2 N–H and O–H groups in total. The lowest BCUT2D eigenvalue weighted by molar-refractivity contribution is 0.0950. The number of rotatable bonds is 4. The van der Waals surface area contributed by atoms with E-state index in [1.807, 2.05) is 31.2 Å². The highest BCUT2D eigenvalue weighted by Crippen LogP contribution is 2.10. The Morgan fingerprint density at radius 3 is 2.84 bits per heavy atom. The Kier molecular flexibility index (Phi) is 4.26. The average Bonchev–Trinajstić information content (AvgIpc) is 2.45. The fourth-order valence-electron chi connectivity index (χ4n) is 1.86. The van der Waals surface area contributed by atoms with Crippen LogP contribution in [0.3, 0.4) is 0 Å². The second-order valence-corrected chi connectivity index (χ2v) is 4.37. The second-order valence-electron chi connectivity index (χ2n) is 4.37. The molecule has 0 spiro atoms. The van der Waals surface area contributed by atoms with Crippen molar-refractivity contribution in [3.05, 3.63) is 65.0 Å². The minimum absolute atomic E-state index is 0.0673. The second kappa shape index (κ2) is 6.11. The van der Waals surface area contributed by atoms with Gasteiger partial charge < -0.3 is 10.4 Å². The van der Waals surface area contributed by atoms with E-state index in [0.717, 1.165) is 16.8 Å². The van der Waals surface area contributed by atoms with Gasteiger partial charge in [0.15, 0.2) is 0 Å². The number of amides is 1. The summed E-state index contributed by atoms with van der Waals surface area (Å²) >= 11 is 0. The van der Waals surface area contributed by atoms with Crippen LogP contribution in [0.15, 0.2) is 42.6 Å². The van der Waals surface area contributed by atoms with Crippen LogP contribution < -0.4 is 5.32 Å². The fourth-order valence-corrected chi connectivity index (χ4v) is 1.86. The maximum absolute atomic E-state index is 12.0. The molecule has 98 valence electrons. The van der Waals surface area contributed by atoms with E-state index in [1.54, 1.807) is 18.3 Å². The van der Waals surface area contributed by atoms with Crippen LogP contribution in [0.5, 0.6) is 0 Å². The van der Waals surface area contributed by atoms with Crippen LogP contribution in [0.1, 0.15) is 27.2 Å². The van der Waals surface area contributed by atoms with Crippen molar-refractivity contribution in [2.45, 2.75) is 20.1 Å². The molecular formula is C15H16N2O2. The van der Waals surface area contributed by atoms with Crippen LogP contribution in [-0.2, 0) is 13.2 Å². The summed E-state index contributed by atoms with van der Waals surface area (Å²) in [6.07, 6.45) is 1.69. The lowest BCUT2D eigenvalue weighted by Crippen LogP contribution is -2.23. The average molecular weight is 256 g/mol. The molecule has 0 atom stereocenters. The first kappa shape index (κ1) is 13.2. The Bertz CT molecular complexity index is 568. The third-order valence-electron chi connectivity index (χ3n) is 2.74. The summed E-state index contributed by atoms with van der Waals surface area (Å²) < 4.78 is 0. The molecule has 0 unspecified atom stereocenters. The number of hydrogen-bond donors (Lipinski definition) is 2. The zero-order chi connectivity index (χ0) is 13.7. The van der Waals surface area contributed by atoms with E-state index < -0.39 is 0 Å². The van der Waals surface area contributed by atoms with Gasteiger partial charge in [-0.05, 0) is 42.3 Å². The molecular weight excluding hydrogens is 240 g/mol. The molecule has 0 fully saturated rings. The summed E-state index contributed by atoms with van der Waals surface area (Å²) in [4.78, 5) is 16.2. The van der Waals surface area contributed by atoms with E-state index in [1.165, 1.54) is 0 Å². The van der Waals surface area contributed by atoms with Gasteiger partial charge in [0, 0.05) is 11.8 Å². The number of carbonyl (C=O) groups excluding carboxylic acids is 1. The SMILES string of the molecule is Cc1cc(CO)cc(C(=O)NCc2ccccn2)c1. The van der Waals surface area contributed by atoms with Crippen LogP contribution >= 0.6 is 0 Å². The molecule has 0 aliphatic heterocycles. The van der Waals surface area contributed by atoms with Crippen molar-refractivity contribution in [2.75, 3.05) is 0 Å². The first-order valence-corrected chi connectivity index (χ1v) is 6.08. The van der Waals surface area contributed by atoms with Crippen LogP contribution in [0.25, 0.3) is 0 Å².